The van der Waals surface area contributed by atoms with Gasteiger partial charge >= 0.3 is 0 Å². The molecule has 4 heteroatoms. The van der Waals surface area contributed by atoms with Crippen LogP contribution >= 0.6 is 11.8 Å². The van der Waals surface area contributed by atoms with Crippen LogP contribution in [0.5, 0.6) is 0 Å². The molecule has 2 unspecified atom stereocenters. The number of carbonyl (C=O) groups excluding carboxylic acids is 1. The summed E-state index contributed by atoms with van der Waals surface area (Å²) in [5.74, 6) is 6.91. The van der Waals surface area contributed by atoms with Crippen molar-refractivity contribution in [3.63, 3.8) is 0 Å². The highest BCUT2D eigenvalue weighted by Gasteiger charge is 2.25. The Bertz CT molecular complexity index is 547. The van der Waals surface area contributed by atoms with Crippen LogP contribution in [-0.2, 0) is 0 Å². The fourth-order valence-electron chi connectivity index (χ4n) is 2.62. The average molecular weight is 302 g/mol. The van der Waals surface area contributed by atoms with Gasteiger partial charge in [0.05, 0.1) is 6.54 Å². The molecule has 1 amide bonds. The van der Waals surface area contributed by atoms with Crippen LogP contribution in [0.4, 0.5) is 0 Å². The SMILES string of the molecule is CCSC1CCC(NC(=O)c2cccc(C#CCN)c2)C1. The number of carbonyl (C=O) groups is 1. The van der Waals surface area contributed by atoms with Gasteiger partial charge in [-0.2, -0.15) is 11.8 Å². The van der Waals surface area contributed by atoms with Crippen LogP contribution in [0.3, 0.4) is 0 Å². The summed E-state index contributed by atoms with van der Waals surface area (Å²) in [6, 6.07) is 7.71. The third kappa shape index (κ3) is 4.80. The van der Waals surface area contributed by atoms with Gasteiger partial charge in [-0.15, -0.1) is 0 Å². The molecule has 0 spiro atoms. The van der Waals surface area contributed by atoms with Gasteiger partial charge in [0, 0.05) is 22.4 Å². The Hall–Kier alpha value is -1.44. The molecule has 1 saturated carbocycles. The molecule has 1 fully saturated rings. The second kappa shape index (κ2) is 8.11. The van der Waals surface area contributed by atoms with Gasteiger partial charge in [0.15, 0.2) is 0 Å². The lowest BCUT2D eigenvalue weighted by Crippen LogP contribution is -2.33. The first-order chi connectivity index (χ1) is 10.2. The average Bonchev–Trinajstić information content (AvgIpc) is 2.93. The summed E-state index contributed by atoms with van der Waals surface area (Å²) in [6.07, 6.45) is 3.36. The zero-order valence-electron chi connectivity index (χ0n) is 12.4. The van der Waals surface area contributed by atoms with Crippen LogP contribution < -0.4 is 11.1 Å². The molecule has 1 aromatic carbocycles. The minimum Gasteiger partial charge on any atom is -0.349 e. The highest BCUT2D eigenvalue weighted by molar-refractivity contribution is 7.99. The normalized spacial score (nSPS) is 20.7. The minimum absolute atomic E-state index is 0.00135. The second-order valence-corrected chi connectivity index (χ2v) is 6.72. The van der Waals surface area contributed by atoms with Crippen LogP contribution in [0.15, 0.2) is 24.3 Å². The van der Waals surface area contributed by atoms with Crippen molar-refractivity contribution in [3.05, 3.63) is 35.4 Å². The minimum atomic E-state index is -0.00135. The lowest BCUT2D eigenvalue weighted by Gasteiger charge is -2.13. The summed E-state index contributed by atoms with van der Waals surface area (Å²) in [6.45, 7) is 2.51. The van der Waals surface area contributed by atoms with Gasteiger partial charge in [0.2, 0.25) is 0 Å². The van der Waals surface area contributed by atoms with Gasteiger partial charge in [-0.3, -0.25) is 4.79 Å². The molecule has 3 nitrogen and oxygen atoms in total. The zero-order valence-corrected chi connectivity index (χ0v) is 13.2. The molecule has 1 aromatic rings. The number of hydrogen-bond donors (Lipinski definition) is 2. The fraction of sp³-hybridized carbons (Fsp3) is 0.471. The van der Waals surface area contributed by atoms with Gasteiger partial charge in [-0.25, -0.2) is 0 Å². The van der Waals surface area contributed by atoms with Crippen molar-refractivity contribution in [3.8, 4) is 11.8 Å². The van der Waals surface area contributed by atoms with E-state index in [2.05, 4.69) is 24.1 Å². The van der Waals surface area contributed by atoms with Crippen LogP contribution in [0.1, 0.15) is 42.1 Å². The summed E-state index contributed by atoms with van der Waals surface area (Å²) >= 11 is 2.00. The van der Waals surface area contributed by atoms with E-state index in [1.807, 2.05) is 36.0 Å². The number of hydrogen-bond acceptors (Lipinski definition) is 3. The number of amides is 1. The Morgan fingerprint density at radius 1 is 1.48 bits per heavy atom. The van der Waals surface area contributed by atoms with E-state index < -0.39 is 0 Å². The fourth-order valence-corrected chi connectivity index (χ4v) is 3.76. The van der Waals surface area contributed by atoms with Crippen LogP contribution in [0.2, 0.25) is 0 Å². The number of benzene rings is 1. The van der Waals surface area contributed by atoms with E-state index in [1.54, 1.807) is 0 Å². The van der Waals surface area contributed by atoms with Gasteiger partial charge in [0.1, 0.15) is 0 Å². The molecule has 112 valence electrons. The molecule has 2 atom stereocenters. The zero-order chi connectivity index (χ0) is 15.1. The summed E-state index contributed by atoms with van der Waals surface area (Å²) in [4.78, 5) is 12.3. The molecule has 0 bridgehead atoms. The predicted molar refractivity (Wildman–Crippen MR) is 89.4 cm³/mol. The Morgan fingerprint density at radius 2 is 2.33 bits per heavy atom. The van der Waals surface area contributed by atoms with Crippen molar-refractivity contribution in [2.75, 3.05) is 12.3 Å². The predicted octanol–water partition coefficient (Wildman–Crippen LogP) is 2.40. The van der Waals surface area contributed by atoms with E-state index in [9.17, 15) is 4.79 Å². The largest absolute Gasteiger partial charge is 0.349 e. The first-order valence-corrected chi connectivity index (χ1v) is 8.49. The lowest BCUT2D eigenvalue weighted by atomic mass is 10.1. The van der Waals surface area contributed by atoms with E-state index >= 15 is 0 Å². The number of nitrogens with two attached hydrogens (primary N) is 1. The number of rotatable bonds is 4. The summed E-state index contributed by atoms with van der Waals surface area (Å²) in [7, 11) is 0. The standard InChI is InChI=1S/C17H22N2OS/c1-2-21-16-9-8-15(12-16)19-17(20)14-7-3-5-13(11-14)6-4-10-18/h3,5,7,11,15-16H,2,8-10,12,18H2,1H3,(H,19,20). The van der Waals surface area contributed by atoms with E-state index in [0.717, 1.165) is 24.2 Å². The molecular weight excluding hydrogens is 280 g/mol. The summed E-state index contributed by atoms with van der Waals surface area (Å²) in [5, 5.41) is 3.84. The lowest BCUT2D eigenvalue weighted by molar-refractivity contribution is 0.0938. The van der Waals surface area contributed by atoms with E-state index in [4.69, 9.17) is 5.73 Å². The maximum Gasteiger partial charge on any atom is 0.251 e. The first kappa shape index (κ1) is 15.9. The Labute approximate surface area is 131 Å². The summed E-state index contributed by atoms with van der Waals surface area (Å²) in [5.41, 5.74) is 6.87. The van der Waals surface area contributed by atoms with Gasteiger partial charge in [-0.1, -0.05) is 24.8 Å². The molecule has 1 aliphatic carbocycles. The highest BCUT2D eigenvalue weighted by atomic mass is 32.2. The molecule has 0 heterocycles. The smallest absolute Gasteiger partial charge is 0.251 e. The van der Waals surface area contributed by atoms with Gasteiger partial charge in [-0.05, 0) is 43.2 Å². The van der Waals surface area contributed by atoms with Crippen LogP contribution in [-0.4, -0.2) is 29.5 Å². The van der Waals surface area contributed by atoms with E-state index in [1.165, 1.54) is 6.42 Å². The van der Waals surface area contributed by atoms with E-state index in [-0.39, 0.29) is 5.91 Å². The molecule has 0 aliphatic heterocycles. The van der Waals surface area contributed by atoms with Crippen molar-refractivity contribution in [2.45, 2.75) is 37.5 Å². The molecule has 3 N–H and O–H groups in total. The monoisotopic (exact) mass is 302 g/mol. The van der Waals surface area contributed by atoms with Crippen LogP contribution in [0, 0.1) is 11.8 Å². The Morgan fingerprint density at radius 3 is 3.10 bits per heavy atom. The molecule has 2 rings (SSSR count). The molecular formula is C17H22N2OS. The number of thioether (sulfide) groups is 1. The maximum absolute atomic E-state index is 12.3. The Balaban J connectivity index is 1.94. The molecule has 1 aliphatic rings. The maximum atomic E-state index is 12.3. The highest BCUT2D eigenvalue weighted by Crippen LogP contribution is 2.29. The van der Waals surface area contributed by atoms with E-state index in [0.29, 0.717) is 23.4 Å². The van der Waals surface area contributed by atoms with Crippen molar-refractivity contribution in [1.82, 2.24) is 5.32 Å². The molecule has 0 saturated heterocycles. The van der Waals surface area contributed by atoms with Gasteiger partial charge in [0.25, 0.3) is 5.91 Å². The summed E-state index contributed by atoms with van der Waals surface area (Å²) < 4.78 is 0. The molecule has 21 heavy (non-hydrogen) atoms. The van der Waals surface area contributed by atoms with Crippen LogP contribution in [0.25, 0.3) is 0 Å². The molecule has 0 aromatic heterocycles. The van der Waals surface area contributed by atoms with Crippen molar-refractivity contribution < 1.29 is 4.79 Å². The van der Waals surface area contributed by atoms with Crippen molar-refractivity contribution in [1.29, 1.82) is 0 Å². The quantitative estimate of drug-likeness (QED) is 0.840. The van der Waals surface area contributed by atoms with Crippen molar-refractivity contribution >= 4 is 17.7 Å². The Kier molecular flexibility index (Phi) is 6.16. The number of nitrogens with one attached hydrogen (secondary N) is 1. The molecule has 0 radical (unpaired) electrons. The third-order valence-corrected chi connectivity index (χ3v) is 4.81. The first-order valence-electron chi connectivity index (χ1n) is 7.44. The second-order valence-electron chi connectivity index (χ2n) is 5.15. The topological polar surface area (TPSA) is 55.1 Å². The third-order valence-electron chi connectivity index (χ3n) is 3.58. The van der Waals surface area contributed by atoms with Crippen molar-refractivity contribution in [2.24, 2.45) is 5.73 Å². The van der Waals surface area contributed by atoms with Gasteiger partial charge < -0.3 is 11.1 Å².